The van der Waals surface area contributed by atoms with Crippen molar-refractivity contribution in [1.82, 2.24) is 19.8 Å². The van der Waals surface area contributed by atoms with Crippen molar-refractivity contribution in [2.45, 2.75) is 44.7 Å². The summed E-state index contributed by atoms with van der Waals surface area (Å²) in [5.74, 6) is 0.486. The first-order chi connectivity index (χ1) is 12.6. The highest BCUT2D eigenvalue weighted by molar-refractivity contribution is 7.03. The standard InChI is InChI=1S/C18H22N4O3S/c1-3-10-22(18(24)14-11-26-21-20-14)16(15-9-8-12(2)25-15)17(23)19-13-6-4-5-7-13/h3,8-9,11,13,16H,1,4-7,10H2,2H3,(H,19,23)/t16-/m1/s1. The maximum Gasteiger partial charge on any atom is 0.276 e. The van der Waals surface area contributed by atoms with Crippen molar-refractivity contribution in [2.24, 2.45) is 0 Å². The molecule has 2 heterocycles. The molecule has 1 N–H and O–H groups in total. The number of carbonyl (C=O) groups is 2. The van der Waals surface area contributed by atoms with E-state index in [4.69, 9.17) is 4.42 Å². The van der Waals surface area contributed by atoms with E-state index in [1.165, 1.54) is 4.90 Å². The van der Waals surface area contributed by atoms with Gasteiger partial charge in [-0.2, -0.15) is 0 Å². The van der Waals surface area contributed by atoms with Gasteiger partial charge in [0.25, 0.3) is 11.8 Å². The van der Waals surface area contributed by atoms with Gasteiger partial charge in [-0.15, -0.1) is 11.7 Å². The molecule has 0 aliphatic heterocycles. The van der Waals surface area contributed by atoms with E-state index < -0.39 is 6.04 Å². The Hall–Kier alpha value is -2.48. The van der Waals surface area contributed by atoms with Crippen molar-refractivity contribution in [3.63, 3.8) is 0 Å². The smallest absolute Gasteiger partial charge is 0.276 e. The highest BCUT2D eigenvalue weighted by atomic mass is 32.1. The Labute approximate surface area is 156 Å². The van der Waals surface area contributed by atoms with Crippen LogP contribution < -0.4 is 5.32 Å². The number of carbonyl (C=O) groups excluding carboxylic acids is 2. The van der Waals surface area contributed by atoms with Crippen LogP contribution in [0, 0.1) is 6.92 Å². The second-order valence-electron chi connectivity index (χ2n) is 6.38. The van der Waals surface area contributed by atoms with Crippen LogP contribution in [0.2, 0.25) is 0 Å². The van der Waals surface area contributed by atoms with Crippen molar-refractivity contribution < 1.29 is 14.0 Å². The van der Waals surface area contributed by atoms with Crippen molar-refractivity contribution in [1.29, 1.82) is 0 Å². The fourth-order valence-electron chi connectivity index (χ4n) is 3.22. The molecule has 1 fully saturated rings. The highest BCUT2D eigenvalue weighted by Crippen LogP contribution is 2.27. The van der Waals surface area contributed by atoms with E-state index in [-0.39, 0.29) is 30.1 Å². The quantitative estimate of drug-likeness (QED) is 0.753. The molecule has 0 unspecified atom stereocenters. The topological polar surface area (TPSA) is 88.3 Å². The number of rotatable bonds is 7. The maximum atomic E-state index is 13.1. The van der Waals surface area contributed by atoms with E-state index >= 15 is 0 Å². The third kappa shape index (κ3) is 4.01. The molecule has 138 valence electrons. The van der Waals surface area contributed by atoms with Gasteiger partial charge in [0.1, 0.15) is 11.5 Å². The lowest BCUT2D eigenvalue weighted by Gasteiger charge is -2.29. The summed E-state index contributed by atoms with van der Waals surface area (Å²) < 4.78 is 9.45. The van der Waals surface area contributed by atoms with Crippen molar-refractivity contribution in [3.05, 3.63) is 47.4 Å². The number of nitrogens with one attached hydrogen (secondary N) is 1. The first kappa shape index (κ1) is 18.3. The number of furan rings is 1. The molecule has 1 atom stereocenters. The fraction of sp³-hybridized carbons (Fsp3) is 0.444. The van der Waals surface area contributed by atoms with Crippen LogP contribution in [0.3, 0.4) is 0 Å². The van der Waals surface area contributed by atoms with Gasteiger partial charge in [0.2, 0.25) is 0 Å². The van der Waals surface area contributed by atoms with Crippen molar-refractivity contribution in [3.8, 4) is 0 Å². The normalized spacial score (nSPS) is 15.6. The SMILES string of the molecule is C=CCN(C(=O)c1csnn1)[C@@H](C(=O)NC1CCCC1)c1ccc(C)o1. The average molecular weight is 374 g/mol. The third-order valence-corrected chi connectivity index (χ3v) is 4.96. The molecular weight excluding hydrogens is 352 g/mol. The number of amides is 2. The van der Waals surface area contributed by atoms with E-state index in [0.29, 0.717) is 11.5 Å². The van der Waals surface area contributed by atoms with Crippen LogP contribution >= 0.6 is 11.5 Å². The summed E-state index contributed by atoms with van der Waals surface area (Å²) in [4.78, 5) is 27.4. The molecule has 0 bridgehead atoms. The number of aromatic nitrogens is 2. The third-order valence-electron chi connectivity index (χ3n) is 4.46. The molecule has 1 aliphatic rings. The summed E-state index contributed by atoms with van der Waals surface area (Å²) in [7, 11) is 0. The van der Waals surface area contributed by atoms with Crippen molar-refractivity contribution >= 4 is 23.3 Å². The molecule has 1 aliphatic carbocycles. The monoisotopic (exact) mass is 374 g/mol. The van der Waals surface area contributed by atoms with E-state index in [1.54, 1.807) is 30.5 Å². The lowest BCUT2D eigenvalue weighted by Crippen LogP contribution is -2.46. The van der Waals surface area contributed by atoms with Gasteiger partial charge in [-0.1, -0.05) is 23.4 Å². The Morgan fingerprint density at radius 1 is 1.46 bits per heavy atom. The second-order valence-corrected chi connectivity index (χ2v) is 6.99. The number of aryl methyl sites for hydroxylation is 1. The Kier molecular flexibility index (Phi) is 5.82. The van der Waals surface area contributed by atoms with Crippen LogP contribution in [0.5, 0.6) is 0 Å². The van der Waals surface area contributed by atoms with Gasteiger partial charge in [0.15, 0.2) is 11.7 Å². The van der Waals surface area contributed by atoms with Crippen LogP contribution in [0.4, 0.5) is 0 Å². The minimum atomic E-state index is -0.878. The maximum absolute atomic E-state index is 13.1. The Bertz CT molecular complexity index is 765. The van der Waals surface area contributed by atoms with Gasteiger partial charge in [0.05, 0.1) is 0 Å². The zero-order chi connectivity index (χ0) is 18.5. The molecule has 2 aromatic rings. The molecule has 0 radical (unpaired) electrons. The van der Waals surface area contributed by atoms with Crippen LogP contribution in [0.15, 0.2) is 34.6 Å². The molecule has 0 spiro atoms. The first-order valence-electron chi connectivity index (χ1n) is 8.65. The van der Waals surface area contributed by atoms with Gasteiger partial charge >= 0.3 is 0 Å². The molecule has 26 heavy (non-hydrogen) atoms. The molecule has 7 nitrogen and oxygen atoms in total. The van der Waals surface area contributed by atoms with Gasteiger partial charge in [-0.25, -0.2) is 0 Å². The summed E-state index contributed by atoms with van der Waals surface area (Å²) >= 11 is 1.09. The molecule has 3 rings (SSSR count). The molecule has 2 aromatic heterocycles. The van der Waals surface area contributed by atoms with Crippen LogP contribution in [0.25, 0.3) is 0 Å². The summed E-state index contributed by atoms with van der Waals surface area (Å²) in [5.41, 5.74) is 0.207. The predicted octanol–water partition coefficient (Wildman–Crippen LogP) is 2.87. The summed E-state index contributed by atoms with van der Waals surface area (Å²) in [6.07, 6.45) is 5.72. The fourth-order valence-corrected chi connectivity index (χ4v) is 3.65. The van der Waals surface area contributed by atoms with Gasteiger partial charge in [-0.05, 0) is 43.4 Å². The average Bonchev–Trinajstić information content (AvgIpc) is 3.36. The van der Waals surface area contributed by atoms with E-state index in [0.717, 1.165) is 37.2 Å². The summed E-state index contributed by atoms with van der Waals surface area (Å²) in [6, 6.07) is 2.78. The highest BCUT2D eigenvalue weighted by Gasteiger charge is 2.35. The van der Waals surface area contributed by atoms with E-state index in [9.17, 15) is 9.59 Å². The Morgan fingerprint density at radius 3 is 2.81 bits per heavy atom. The zero-order valence-electron chi connectivity index (χ0n) is 14.7. The molecule has 2 amide bonds. The number of hydrogen-bond acceptors (Lipinski definition) is 6. The van der Waals surface area contributed by atoms with E-state index in [2.05, 4.69) is 21.5 Å². The lowest BCUT2D eigenvalue weighted by atomic mass is 10.1. The largest absolute Gasteiger partial charge is 0.464 e. The first-order valence-corrected chi connectivity index (χ1v) is 9.49. The van der Waals surface area contributed by atoms with Crippen LogP contribution in [0.1, 0.15) is 53.7 Å². The molecular formula is C18H22N4O3S. The van der Waals surface area contributed by atoms with Gasteiger partial charge in [-0.3, -0.25) is 9.59 Å². The molecule has 0 saturated heterocycles. The summed E-state index contributed by atoms with van der Waals surface area (Å²) in [5, 5.41) is 8.48. The lowest BCUT2D eigenvalue weighted by molar-refractivity contribution is -0.127. The predicted molar refractivity (Wildman–Crippen MR) is 97.7 cm³/mol. The van der Waals surface area contributed by atoms with E-state index in [1.807, 2.05) is 0 Å². The minimum Gasteiger partial charge on any atom is -0.464 e. The van der Waals surface area contributed by atoms with Crippen molar-refractivity contribution in [2.75, 3.05) is 6.54 Å². The minimum absolute atomic E-state index is 0.141. The Balaban J connectivity index is 1.92. The zero-order valence-corrected chi connectivity index (χ0v) is 15.5. The summed E-state index contributed by atoms with van der Waals surface area (Å²) in [6.45, 7) is 5.72. The molecule has 8 heteroatoms. The van der Waals surface area contributed by atoms with Crippen LogP contribution in [-0.2, 0) is 4.79 Å². The number of hydrogen-bond donors (Lipinski definition) is 1. The molecule has 1 saturated carbocycles. The number of nitrogens with zero attached hydrogens (tertiary/aromatic N) is 3. The second kappa shape index (κ2) is 8.27. The molecule has 0 aromatic carbocycles. The van der Waals surface area contributed by atoms with Gasteiger partial charge in [0, 0.05) is 18.0 Å². The van der Waals surface area contributed by atoms with Gasteiger partial charge < -0.3 is 14.6 Å². The van der Waals surface area contributed by atoms with Crippen LogP contribution in [-0.4, -0.2) is 38.9 Å². The Morgan fingerprint density at radius 2 is 2.23 bits per heavy atom.